The minimum Gasteiger partial charge on any atom is -0.207 e. The highest BCUT2D eigenvalue weighted by Gasteiger charge is 1.77. The molecule has 1 aromatic rings. The fourth-order valence-electron chi connectivity index (χ4n) is 0.415. The van der Waals surface area contributed by atoms with Crippen molar-refractivity contribution in [3.63, 3.8) is 0 Å². The zero-order valence-corrected chi connectivity index (χ0v) is 7.18. The van der Waals surface area contributed by atoms with Gasteiger partial charge in [-0.2, -0.15) is 0 Å². The highest BCUT2D eigenvalue weighted by Crippen LogP contribution is 1.91. The molecule has 0 unspecified atom stereocenters. The van der Waals surface area contributed by atoms with Crippen molar-refractivity contribution in [3.8, 4) is 0 Å². The molecule has 0 heterocycles. The predicted molar refractivity (Wildman–Crippen MR) is 49.0 cm³/mol. The molecule has 0 saturated carbocycles. The second kappa shape index (κ2) is 11.7. The Morgan fingerprint density at radius 2 is 1.36 bits per heavy atom. The lowest BCUT2D eigenvalue weighted by Crippen LogP contribution is -1.63. The first-order valence-electron chi connectivity index (χ1n) is 3.60. The SMILES string of the molecule is C=C.CC.Fc1ccccc1. The Balaban J connectivity index is 0. The third-order valence-electron chi connectivity index (χ3n) is 0.733. The molecule has 0 fully saturated rings. The van der Waals surface area contributed by atoms with E-state index in [1.165, 1.54) is 12.1 Å². The minimum atomic E-state index is -0.178. The predicted octanol–water partition coefficient (Wildman–Crippen LogP) is 3.65. The zero-order chi connectivity index (χ0) is 9.11. The maximum Gasteiger partial charge on any atom is 0.123 e. The van der Waals surface area contributed by atoms with E-state index in [2.05, 4.69) is 13.2 Å². The molecule has 0 aliphatic carbocycles. The normalized spacial score (nSPS) is 6.45. The van der Waals surface area contributed by atoms with E-state index in [0.717, 1.165) is 0 Å². The zero-order valence-electron chi connectivity index (χ0n) is 7.18. The lowest BCUT2D eigenvalue weighted by Gasteiger charge is -1.78. The number of halogens is 1. The molecule has 0 aliphatic heterocycles. The van der Waals surface area contributed by atoms with Gasteiger partial charge in [-0.25, -0.2) is 4.39 Å². The maximum atomic E-state index is 11.9. The van der Waals surface area contributed by atoms with Crippen LogP contribution in [0, 0.1) is 5.82 Å². The molecule has 0 N–H and O–H groups in total. The lowest BCUT2D eigenvalue weighted by molar-refractivity contribution is 0.628. The van der Waals surface area contributed by atoms with E-state index in [1.54, 1.807) is 18.2 Å². The molecular weight excluding hydrogens is 139 g/mol. The van der Waals surface area contributed by atoms with Crippen LogP contribution in [0.5, 0.6) is 0 Å². The molecule has 0 aliphatic rings. The van der Waals surface area contributed by atoms with E-state index >= 15 is 0 Å². The van der Waals surface area contributed by atoms with Crippen LogP contribution in [0.4, 0.5) is 4.39 Å². The van der Waals surface area contributed by atoms with E-state index in [4.69, 9.17) is 0 Å². The van der Waals surface area contributed by atoms with Crippen molar-refractivity contribution in [1.29, 1.82) is 0 Å². The first-order valence-corrected chi connectivity index (χ1v) is 3.60. The van der Waals surface area contributed by atoms with Gasteiger partial charge in [0, 0.05) is 0 Å². The van der Waals surface area contributed by atoms with Gasteiger partial charge < -0.3 is 0 Å². The monoisotopic (exact) mass is 154 g/mol. The van der Waals surface area contributed by atoms with Gasteiger partial charge in [-0.05, 0) is 12.1 Å². The Kier molecular flexibility index (Phi) is 13.3. The van der Waals surface area contributed by atoms with Crippen molar-refractivity contribution in [2.75, 3.05) is 0 Å². The molecular formula is C10H15F. The van der Waals surface area contributed by atoms with Crippen LogP contribution >= 0.6 is 0 Å². The highest BCUT2D eigenvalue weighted by molar-refractivity contribution is 5.02. The number of rotatable bonds is 0. The Labute approximate surface area is 68.4 Å². The van der Waals surface area contributed by atoms with Crippen LogP contribution in [0.2, 0.25) is 0 Å². The van der Waals surface area contributed by atoms with Gasteiger partial charge in [0.25, 0.3) is 0 Å². The third-order valence-corrected chi connectivity index (χ3v) is 0.733. The molecule has 0 bridgehead atoms. The van der Waals surface area contributed by atoms with Crippen molar-refractivity contribution in [2.24, 2.45) is 0 Å². The largest absolute Gasteiger partial charge is 0.207 e. The third kappa shape index (κ3) is 8.89. The molecule has 62 valence electrons. The van der Waals surface area contributed by atoms with Gasteiger partial charge >= 0.3 is 0 Å². The van der Waals surface area contributed by atoms with Crippen molar-refractivity contribution in [3.05, 3.63) is 49.3 Å². The molecule has 0 aromatic heterocycles. The first kappa shape index (κ1) is 12.6. The van der Waals surface area contributed by atoms with Crippen LogP contribution in [0.15, 0.2) is 43.5 Å². The summed E-state index contributed by atoms with van der Waals surface area (Å²) in [6.45, 7) is 10.0. The summed E-state index contributed by atoms with van der Waals surface area (Å²) in [4.78, 5) is 0. The molecule has 1 rings (SSSR count). The average Bonchev–Trinajstić information content (AvgIpc) is 2.13. The van der Waals surface area contributed by atoms with Gasteiger partial charge in [0.2, 0.25) is 0 Å². The van der Waals surface area contributed by atoms with Crippen molar-refractivity contribution in [1.82, 2.24) is 0 Å². The van der Waals surface area contributed by atoms with E-state index in [0.29, 0.717) is 0 Å². The summed E-state index contributed by atoms with van der Waals surface area (Å²) in [7, 11) is 0. The summed E-state index contributed by atoms with van der Waals surface area (Å²) >= 11 is 0. The Morgan fingerprint density at radius 1 is 1.00 bits per heavy atom. The average molecular weight is 154 g/mol. The van der Waals surface area contributed by atoms with Crippen LogP contribution in [0.1, 0.15) is 13.8 Å². The lowest BCUT2D eigenvalue weighted by atomic mass is 10.4. The summed E-state index contributed by atoms with van der Waals surface area (Å²) in [6, 6.07) is 7.94. The smallest absolute Gasteiger partial charge is 0.123 e. The summed E-state index contributed by atoms with van der Waals surface area (Å²) < 4.78 is 11.9. The molecule has 0 nitrogen and oxygen atoms in total. The van der Waals surface area contributed by atoms with Gasteiger partial charge in [-0.1, -0.05) is 32.0 Å². The molecule has 1 heteroatoms. The fraction of sp³-hybridized carbons (Fsp3) is 0.200. The van der Waals surface area contributed by atoms with Gasteiger partial charge in [0.1, 0.15) is 5.82 Å². The van der Waals surface area contributed by atoms with Crippen LogP contribution in [0.25, 0.3) is 0 Å². The standard InChI is InChI=1S/C6H5F.C2H6.C2H4/c7-6-4-2-1-3-5-6;2*1-2/h1-5H;1-2H3;1-2H2. The van der Waals surface area contributed by atoms with E-state index < -0.39 is 0 Å². The van der Waals surface area contributed by atoms with Crippen LogP contribution < -0.4 is 0 Å². The van der Waals surface area contributed by atoms with E-state index in [-0.39, 0.29) is 5.82 Å². The summed E-state index contributed by atoms with van der Waals surface area (Å²) in [5.41, 5.74) is 0. The summed E-state index contributed by atoms with van der Waals surface area (Å²) in [5.74, 6) is -0.178. The van der Waals surface area contributed by atoms with Crippen LogP contribution in [-0.2, 0) is 0 Å². The molecule has 0 saturated heterocycles. The summed E-state index contributed by atoms with van der Waals surface area (Å²) in [5, 5.41) is 0. The molecule has 1 aromatic carbocycles. The van der Waals surface area contributed by atoms with Crippen LogP contribution in [0.3, 0.4) is 0 Å². The van der Waals surface area contributed by atoms with Gasteiger partial charge in [0.15, 0.2) is 0 Å². The number of benzene rings is 1. The quantitative estimate of drug-likeness (QED) is 0.500. The van der Waals surface area contributed by atoms with Gasteiger partial charge in [0.05, 0.1) is 0 Å². The van der Waals surface area contributed by atoms with Crippen molar-refractivity contribution in [2.45, 2.75) is 13.8 Å². The Bertz CT molecular complexity index is 146. The topological polar surface area (TPSA) is 0 Å². The van der Waals surface area contributed by atoms with E-state index in [1.807, 2.05) is 13.8 Å². The molecule has 0 spiro atoms. The number of hydrogen-bond acceptors (Lipinski definition) is 0. The van der Waals surface area contributed by atoms with E-state index in [9.17, 15) is 4.39 Å². The molecule has 11 heavy (non-hydrogen) atoms. The van der Waals surface area contributed by atoms with Gasteiger partial charge in [-0.15, -0.1) is 13.2 Å². The highest BCUT2D eigenvalue weighted by atomic mass is 19.1. The fourth-order valence-corrected chi connectivity index (χ4v) is 0.415. The molecule has 0 amide bonds. The minimum absolute atomic E-state index is 0.178. The molecule has 0 atom stereocenters. The van der Waals surface area contributed by atoms with Crippen LogP contribution in [-0.4, -0.2) is 0 Å². The Hall–Kier alpha value is -1.11. The summed E-state index contributed by atoms with van der Waals surface area (Å²) in [6.07, 6.45) is 0. The first-order chi connectivity index (χ1) is 5.39. The van der Waals surface area contributed by atoms with Crippen molar-refractivity contribution < 1.29 is 4.39 Å². The van der Waals surface area contributed by atoms with Gasteiger partial charge in [-0.3, -0.25) is 0 Å². The number of hydrogen-bond donors (Lipinski definition) is 0. The Morgan fingerprint density at radius 3 is 1.55 bits per heavy atom. The second-order valence-electron chi connectivity index (χ2n) is 1.30. The second-order valence-corrected chi connectivity index (χ2v) is 1.30. The maximum absolute atomic E-state index is 11.9. The molecule has 0 radical (unpaired) electrons. The van der Waals surface area contributed by atoms with Crippen molar-refractivity contribution >= 4 is 0 Å².